The highest BCUT2D eigenvalue weighted by atomic mass is 14.9. The number of allylic oxidation sites excluding steroid dienone is 3. The largest absolute Gasteiger partial charge is 0.313 e. The van der Waals surface area contributed by atoms with Gasteiger partial charge in [0.2, 0.25) is 0 Å². The summed E-state index contributed by atoms with van der Waals surface area (Å²) in [4.78, 5) is 0. The van der Waals surface area contributed by atoms with E-state index in [4.69, 9.17) is 0 Å². The molecule has 1 nitrogen and oxygen atoms in total. The van der Waals surface area contributed by atoms with E-state index in [0.29, 0.717) is 6.04 Å². The number of hydrogen-bond donors (Lipinski definition) is 1. The first kappa shape index (κ1) is 11.2. The molecule has 0 bridgehead atoms. The van der Waals surface area contributed by atoms with E-state index in [2.05, 4.69) is 31.0 Å². The molecule has 1 atom stereocenters. The van der Waals surface area contributed by atoms with Gasteiger partial charge in [0.1, 0.15) is 0 Å². The number of nitrogens with one attached hydrogen (secondary N) is 1. The van der Waals surface area contributed by atoms with Crippen LogP contribution in [0.1, 0.15) is 20.3 Å². The summed E-state index contributed by atoms with van der Waals surface area (Å²) >= 11 is 0. The first-order valence-electron chi connectivity index (χ1n) is 4.42. The van der Waals surface area contributed by atoms with Gasteiger partial charge in [-0.1, -0.05) is 37.8 Å². The van der Waals surface area contributed by atoms with Crippen LogP contribution in [0.2, 0.25) is 0 Å². The highest BCUT2D eigenvalue weighted by Gasteiger charge is 2.04. The maximum atomic E-state index is 3.70. The lowest BCUT2D eigenvalue weighted by atomic mass is 10.0. The van der Waals surface area contributed by atoms with Crippen molar-refractivity contribution >= 4 is 0 Å². The van der Waals surface area contributed by atoms with E-state index < -0.39 is 0 Å². The van der Waals surface area contributed by atoms with Crippen molar-refractivity contribution in [3.05, 3.63) is 36.5 Å². The van der Waals surface area contributed by atoms with Crippen molar-refractivity contribution < 1.29 is 0 Å². The summed E-state index contributed by atoms with van der Waals surface area (Å²) in [5.41, 5.74) is 1.29. The average Bonchev–Trinajstić information content (AvgIpc) is 2.07. The maximum absolute atomic E-state index is 3.70. The zero-order valence-electron chi connectivity index (χ0n) is 8.30. The molecule has 0 saturated heterocycles. The topological polar surface area (TPSA) is 12.0 Å². The molecule has 0 aliphatic rings. The molecule has 1 heteroatoms. The fourth-order valence-corrected chi connectivity index (χ4v) is 1.22. The highest BCUT2D eigenvalue weighted by Crippen LogP contribution is 2.07. The van der Waals surface area contributed by atoms with Crippen LogP contribution in [0.5, 0.6) is 0 Å². The van der Waals surface area contributed by atoms with E-state index in [-0.39, 0.29) is 0 Å². The first-order chi connectivity index (χ1) is 5.79. The summed E-state index contributed by atoms with van der Waals surface area (Å²) < 4.78 is 0. The summed E-state index contributed by atoms with van der Waals surface area (Å²) in [6.07, 6.45) is 9.14. The molecule has 0 fully saturated rings. The molecule has 0 radical (unpaired) electrons. The van der Waals surface area contributed by atoms with Gasteiger partial charge in [0.05, 0.1) is 0 Å². The number of rotatable bonds is 5. The van der Waals surface area contributed by atoms with Crippen LogP contribution in [0, 0.1) is 0 Å². The van der Waals surface area contributed by atoms with Gasteiger partial charge < -0.3 is 5.32 Å². The van der Waals surface area contributed by atoms with Crippen molar-refractivity contribution in [3.8, 4) is 0 Å². The molecule has 0 aliphatic heterocycles. The highest BCUT2D eigenvalue weighted by molar-refractivity contribution is 5.27. The average molecular weight is 165 g/mol. The van der Waals surface area contributed by atoms with Crippen molar-refractivity contribution in [1.82, 2.24) is 5.32 Å². The van der Waals surface area contributed by atoms with Crippen LogP contribution < -0.4 is 5.32 Å². The van der Waals surface area contributed by atoms with Crippen molar-refractivity contribution in [2.75, 3.05) is 7.05 Å². The van der Waals surface area contributed by atoms with Crippen LogP contribution in [-0.4, -0.2) is 13.1 Å². The van der Waals surface area contributed by atoms with E-state index in [0.717, 1.165) is 6.42 Å². The second kappa shape index (κ2) is 6.86. The van der Waals surface area contributed by atoms with Gasteiger partial charge in [-0.3, -0.25) is 0 Å². The number of likely N-dealkylation sites (N-methyl/N-ethyl adjacent to an activating group) is 1. The van der Waals surface area contributed by atoms with Gasteiger partial charge in [0.25, 0.3) is 0 Å². The van der Waals surface area contributed by atoms with Crippen LogP contribution in [0.25, 0.3) is 0 Å². The molecule has 0 amide bonds. The van der Waals surface area contributed by atoms with E-state index in [1.54, 1.807) is 0 Å². The summed E-state index contributed by atoms with van der Waals surface area (Å²) in [6.45, 7) is 7.89. The van der Waals surface area contributed by atoms with E-state index in [1.807, 2.05) is 26.1 Å². The molecule has 0 saturated carbocycles. The Labute approximate surface area is 75.9 Å². The minimum atomic E-state index is 0.444. The molecular formula is C11H19N. The number of hydrogen-bond acceptors (Lipinski definition) is 1. The van der Waals surface area contributed by atoms with Gasteiger partial charge in [0.15, 0.2) is 0 Å². The molecule has 0 aliphatic carbocycles. The normalized spacial score (nSPS) is 15.1. The third-order valence-corrected chi connectivity index (χ3v) is 1.83. The van der Waals surface area contributed by atoms with Crippen molar-refractivity contribution in [2.24, 2.45) is 0 Å². The Bertz CT molecular complexity index is 173. The maximum Gasteiger partial charge on any atom is 0.0314 e. The van der Waals surface area contributed by atoms with E-state index in [9.17, 15) is 0 Å². The molecule has 0 heterocycles. The molecule has 1 unspecified atom stereocenters. The van der Waals surface area contributed by atoms with Gasteiger partial charge in [-0.2, -0.15) is 0 Å². The standard InChI is InChI=1S/C11H19N/c1-5-8-10(9-6-2)11(7-3)12-4/h5-6,8-9,11-12H,1,7H2,2-4H3/b9-6-,10-8+. The predicted octanol–water partition coefficient (Wildman–Crippen LogP) is 2.67. The summed E-state index contributed by atoms with van der Waals surface area (Å²) in [5, 5.41) is 3.25. The Morgan fingerprint density at radius 1 is 1.58 bits per heavy atom. The zero-order valence-corrected chi connectivity index (χ0v) is 8.30. The van der Waals surface area contributed by atoms with E-state index >= 15 is 0 Å². The smallest absolute Gasteiger partial charge is 0.0314 e. The van der Waals surface area contributed by atoms with Gasteiger partial charge in [-0.25, -0.2) is 0 Å². The molecule has 1 N–H and O–H groups in total. The van der Waals surface area contributed by atoms with Gasteiger partial charge in [-0.15, -0.1) is 0 Å². The van der Waals surface area contributed by atoms with E-state index in [1.165, 1.54) is 5.57 Å². The molecule has 68 valence electrons. The minimum absolute atomic E-state index is 0.444. The molecule has 0 aromatic rings. The fourth-order valence-electron chi connectivity index (χ4n) is 1.22. The second-order valence-electron chi connectivity index (χ2n) is 2.65. The molecule has 12 heavy (non-hydrogen) atoms. The predicted molar refractivity (Wildman–Crippen MR) is 56.2 cm³/mol. The fraction of sp³-hybridized carbons (Fsp3) is 0.455. The zero-order chi connectivity index (χ0) is 9.40. The second-order valence-corrected chi connectivity index (χ2v) is 2.65. The molecule has 0 spiro atoms. The third-order valence-electron chi connectivity index (χ3n) is 1.83. The van der Waals surface area contributed by atoms with Crippen LogP contribution in [0.15, 0.2) is 36.5 Å². The third kappa shape index (κ3) is 3.54. The monoisotopic (exact) mass is 165 g/mol. The van der Waals surface area contributed by atoms with Gasteiger partial charge in [-0.05, 0) is 26.0 Å². The minimum Gasteiger partial charge on any atom is -0.313 e. The quantitative estimate of drug-likeness (QED) is 0.618. The lowest BCUT2D eigenvalue weighted by Crippen LogP contribution is -2.25. The molecule has 0 rings (SSSR count). The van der Waals surface area contributed by atoms with Gasteiger partial charge >= 0.3 is 0 Å². The van der Waals surface area contributed by atoms with Crippen molar-refractivity contribution in [1.29, 1.82) is 0 Å². The van der Waals surface area contributed by atoms with Crippen LogP contribution in [0.4, 0.5) is 0 Å². The summed E-state index contributed by atoms with van der Waals surface area (Å²) in [7, 11) is 1.98. The Kier molecular flexibility index (Phi) is 6.39. The van der Waals surface area contributed by atoms with Crippen LogP contribution in [0.3, 0.4) is 0 Å². The SMILES string of the molecule is C=C/C=C(\C=C/C)C(CC)NC. The Balaban J connectivity index is 4.46. The van der Waals surface area contributed by atoms with Crippen molar-refractivity contribution in [3.63, 3.8) is 0 Å². The van der Waals surface area contributed by atoms with Crippen LogP contribution in [-0.2, 0) is 0 Å². The lowest BCUT2D eigenvalue weighted by molar-refractivity contribution is 0.627. The lowest BCUT2D eigenvalue weighted by Gasteiger charge is -2.14. The van der Waals surface area contributed by atoms with Gasteiger partial charge in [0, 0.05) is 6.04 Å². The first-order valence-corrected chi connectivity index (χ1v) is 4.42. The molecule has 0 aromatic heterocycles. The van der Waals surface area contributed by atoms with Crippen molar-refractivity contribution in [2.45, 2.75) is 26.3 Å². The Morgan fingerprint density at radius 2 is 2.25 bits per heavy atom. The summed E-state index contributed by atoms with van der Waals surface area (Å²) in [5.74, 6) is 0. The van der Waals surface area contributed by atoms with Crippen LogP contribution >= 0.6 is 0 Å². The Hall–Kier alpha value is -0.820. The molecular weight excluding hydrogens is 146 g/mol. The Morgan fingerprint density at radius 3 is 2.58 bits per heavy atom. The summed E-state index contributed by atoms with van der Waals surface area (Å²) in [6, 6.07) is 0.444. The molecule has 0 aromatic carbocycles.